The fraction of sp³-hybridized carbons (Fsp3) is 0.273. The number of morpholine rings is 1. The third-order valence-corrected chi connectivity index (χ3v) is 7.67. The molecule has 10 heteroatoms. The topological polar surface area (TPSA) is 87.1 Å². The van der Waals surface area contributed by atoms with Crippen molar-refractivity contribution in [2.45, 2.75) is 4.90 Å². The number of benzene rings is 2. The second-order valence-corrected chi connectivity index (χ2v) is 10.2. The van der Waals surface area contributed by atoms with E-state index < -0.39 is 10.0 Å². The van der Waals surface area contributed by atoms with Crippen molar-refractivity contribution < 1.29 is 13.2 Å². The van der Waals surface area contributed by atoms with E-state index in [4.69, 9.17) is 4.74 Å². The molecule has 3 aromatic rings. The molecule has 168 valence electrons. The molecule has 1 fully saturated rings. The quantitative estimate of drug-likeness (QED) is 0.420. The van der Waals surface area contributed by atoms with Crippen LogP contribution in [0.15, 0.2) is 63.9 Å². The van der Waals surface area contributed by atoms with E-state index in [1.54, 1.807) is 24.4 Å². The fourth-order valence-corrected chi connectivity index (χ4v) is 5.35. The van der Waals surface area contributed by atoms with Crippen molar-refractivity contribution in [3.63, 3.8) is 0 Å². The lowest BCUT2D eigenvalue weighted by Gasteiger charge is -2.26. The van der Waals surface area contributed by atoms with Crippen LogP contribution in [0.25, 0.3) is 11.3 Å². The second-order valence-electron chi connectivity index (χ2n) is 7.44. The van der Waals surface area contributed by atoms with E-state index >= 15 is 0 Å². The van der Waals surface area contributed by atoms with Crippen LogP contribution in [0, 0.1) is 0 Å². The summed E-state index contributed by atoms with van der Waals surface area (Å²) < 4.78 is 32.6. The fourth-order valence-electron chi connectivity index (χ4n) is 3.23. The van der Waals surface area contributed by atoms with Crippen molar-refractivity contribution in [3.8, 4) is 11.3 Å². The molecule has 1 aliphatic rings. The monoisotopic (exact) mass is 471 g/mol. The van der Waals surface area contributed by atoms with Crippen molar-refractivity contribution in [1.82, 2.24) is 9.29 Å². The summed E-state index contributed by atoms with van der Waals surface area (Å²) in [4.78, 5) is 6.84. The van der Waals surface area contributed by atoms with E-state index in [0.717, 1.165) is 16.8 Å². The molecular formula is C22H25N5O3S2. The first-order chi connectivity index (χ1) is 15.4. The Labute approximate surface area is 192 Å². The molecule has 0 spiro atoms. The lowest BCUT2D eigenvalue weighted by atomic mass is 10.2. The maximum absolute atomic E-state index is 12.9. The summed E-state index contributed by atoms with van der Waals surface area (Å²) in [6, 6.07) is 14.9. The number of hydrogen-bond acceptors (Lipinski definition) is 8. The highest BCUT2D eigenvalue weighted by atomic mass is 32.2. The van der Waals surface area contributed by atoms with Crippen molar-refractivity contribution in [2.75, 3.05) is 50.7 Å². The van der Waals surface area contributed by atoms with Gasteiger partial charge in [-0.3, -0.25) is 5.43 Å². The van der Waals surface area contributed by atoms with Gasteiger partial charge in [0.1, 0.15) is 0 Å². The van der Waals surface area contributed by atoms with Crippen LogP contribution >= 0.6 is 11.3 Å². The lowest BCUT2D eigenvalue weighted by Crippen LogP contribution is -2.40. The van der Waals surface area contributed by atoms with E-state index in [0.29, 0.717) is 37.1 Å². The highest BCUT2D eigenvalue weighted by molar-refractivity contribution is 7.89. The highest BCUT2D eigenvalue weighted by Crippen LogP contribution is 2.28. The Bertz CT molecular complexity index is 1180. The Morgan fingerprint density at radius 3 is 2.62 bits per heavy atom. The number of aromatic nitrogens is 1. The van der Waals surface area contributed by atoms with Gasteiger partial charge in [0.15, 0.2) is 0 Å². The van der Waals surface area contributed by atoms with E-state index in [9.17, 15) is 8.42 Å². The average Bonchev–Trinajstić information content (AvgIpc) is 3.29. The van der Waals surface area contributed by atoms with E-state index in [1.165, 1.54) is 15.6 Å². The van der Waals surface area contributed by atoms with Gasteiger partial charge in [-0.1, -0.05) is 24.3 Å². The van der Waals surface area contributed by atoms with Crippen LogP contribution in [-0.2, 0) is 14.8 Å². The standard InChI is InChI=1S/C22H25N5O3S2/c1-26(2)19-8-6-17(7-9-19)15-23-25-22-24-21(16-31-22)18-4-3-5-20(14-18)32(28,29)27-10-12-30-13-11-27/h3-9,14-16H,10-13H2,1-2H3,(H,24,25)/b23-15-. The van der Waals surface area contributed by atoms with Crippen LogP contribution in [0.3, 0.4) is 0 Å². The zero-order chi connectivity index (χ0) is 22.6. The maximum atomic E-state index is 12.9. The van der Waals surface area contributed by atoms with Gasteiger partial charge in [-0.25, -0.2) is 13.4 Å². The molecule has 0 unspecified atom stereocenters. The predicted molar refractivity (Wildman–Crippen MR) is 129 cm³/mol. The first-order valence-corrected chi connectivity index (χ1v) is 12.5. The van der Waals surface area contributed by atoms with Crippen molar-refractivity contribution >= 4 is 38.4 Å². The summed E-state index contributed by atoms with van der Waals surface area (Å²) in [6.45, 7) is 1.57. The number of hydrogen-bond donors (Lipinski definition) is 1. The largest absolute Gasteiger partial charge is 0.379 e. The van der Waals surface area contributed by atoms with Crippen LogP contribution in [0.4, 0.5) is 10.8 Å². The van der Waals surface area contributed by atoms with Gasteiger partial charge >= 0.3 is 0 Å². The Kier molecular flexibility index (Phi) is 6.85. The number of hydrazone groups is 1. The Morgan fingerprint density at radius 1 is 1.16 bits per heavy atom. The minimum absolute atomic E-state index is 0.263. The van der Waals surface area contributed by atoms with Gasteiger partial charge < -0.3 is 9.64 Å². The Morgan fingerprint density at radius 2 is 1.91 bits per heavy atom. The molecular weight excluding hydrogens is 446 g/mol. The van der Waals surface area contributed by atoms with Gasteiger partial charge in [0.2, 0.25) is 15.2 Å². The maximum Gasteiger partial charge on any atom is 0.243 e. The molecule has 0 bridgehead atoms. The third-order valence-electron chi connectivity index (χ3n) is 5.03. The van der Waals surface area contributed by atoms with Gasteiger partial charge in [-0.05, 0) is 29.8 Å². The molecule has 0 amide bonds. The van der Waals surface area contributed by atoms with Crippen LogP contribution in [0.2, 0.25) is 0 Å². The number of rotatable bonds is 7. The summed E-state index contributed by atoms with van der Waals surface area (Å²) in [5.41, 5.74) is 6.48. The van der Waals surface area contributed by atoms with Gasteiger partial charge in [0.05, 0.1) is 30.0 Å². The van der Waals surface area contributed by atoms with Crippen molar-refractivity contribution in [3.05, 3.63) is 59.5 Å². The minimum Gasteiger partial charge on any atom is -0.379 e. The van der Waals surface area contributed by atoms with E-state index in [-0.39, 0.29) is 4.90 Å². The van der Waals surface area contributed by atoms with E-state index in [2.05, 4.69) is 15.5 Å². The number of thiazole rings is 1. The minimum atomic E-state index is -3.55. The Hall–Kier alpha value is -2.79. The number of anilines is 2. The molecule has 1 saturated heterocycles. The molecule has 2 heterocycles. The molecule has 2 aromatic carbocycles. The SMILES string of the molecule is CN(C)c1ccc(/C=N\Nc2nc(-c3cccc(S(=O)(=O)N4CCOCC4)c3)cs2)cc1. The number of ether oxygens (including phenoxy) is 1. The number of nitrogens with zero attached hydrogens (tertiary/aromatic N) is 4. The zero-order valence-corrected chi connectivity index (χ0v) is 19.6. The highest BCUT2D eigenvalue weighted by Gasteiger charge is 2.26. The molecule has 0 saturated carbocycles. The van der Waals surface area contributed by atoms with Gasteiger partial charge in [0, 0.05) is 43.8 Å². The smallest absolute Gasteiger partial charge is 0.243 e. The molecule has 0 radical (unpaired) electrons. The van der Waals surface area contributed by atoms with Crippen LogP contribution in [-0.4, -0.2) is 64.3 Å². The number of sulfonamides is 1. The molecule has 0 atom stereocenters. The van der Waals surface area contributed by atoms with Gasteiger partial charge in [-0.15, -0.1) is 11.3 Å². The molecule has 0 aliphatic carbocycles. The molecule has 4 rings (SSSR count). The normalized spacial score (nSPS) is 15.2. The average molecular weight is 472 g/mol. The summed E-state index contributed by atoms with van der Waals surface area (Å²) in [6.07, 6.45) is 1.73. The molecule has 32 heavy (non-hydrogen) atoms. The predicted octanol–water partition coefficient (Wildman–Crippen LogP) is 3.34. The second kappa shape index (κ2) is 9.78. The third kappa shape index (κ3) is 5.16. The van der Waals surface area contributed by atoms with Crippen LogP contribution in [0.1, 0.15) is 5.56 Å². The van der Waals surface area contributed by atoms with Crippen molar-refractivity contribution in [2.24, 2.45) is 5.10 Å². The molecule has 1 aliphatic heterocycles. The summed E-state index contributed by atoms with van der Waals surface area (Å²) in [7, 11) is 0.445. The van der Waals surface area contributed by atoms with Gasteiger partial charge in [-0.2, -0.15) is 9.41 Å². The van der Waals surface area contributed by atoms with Gasteiger partial charge in [0.25, 0.3) is 0 Å². The van der Waals surface area contributed by atoms with E-state index in [1.807, 2.05) is 54.7 Å². The molecule has 1 aromatic heterocycles. The lowest BCUT2D eigenvalue weighted by molar-refractivity contribution is 0.0730. The first kappa shape index (κ1) is 22.4. The number of nitrogens with one attached hydrogen (secondary N) is 1. The summed E-state index contributed by atoms with van der Waals surface area (Å²) in [5.74, 6) is 0. The molecule has 1 N–H and O–H groups in total. The van der Waals surface area contributed by atoms with Crippen LogP contribution in [0.5, 0.6) is 0 Å². The molecule has 8 nitrogen and oxygen atoms in total. The van der Waals surface area contributed by atoms with Crippen molar-refractivity contribution in [1.29, 1.82) is 0 Å². The van der Waals surface area contributed by atoms with Crippen LogP contribution < -0.4 is 10.3 Å². The Balaban J connectivity index is 1.45. The first-order valence-electron chi connectivity index (χ1n) is 10.1. The summed E-state index contributed by atoms with van der Waals surface area (Å²) >= 11 is 1.41. The summed E-state index contributed by atoms with van der Waals surface area (Å²) in [5, 5.41) is 6.76. The zero-order valence-electron chi connectivity index (χ0n) is 17.9.